The quantitative estimate of drug-likeness (QED) is 0.859. The molecule has 0 spiro atoms. The predicted molar refractivity (Wildman–Crippen MR) is 81.4 cm³/mol. The topological polar surface area (TPSA) is 47.3 Å². The highest BCUT2D eigenvalue weighted by molar-refractivity contribution is 7.98. The highest BCUT2D eigenvalue weighted by Gasteiger charge is 2.22. The second kappa shape index (κ2) is 6.33. The molecule has 108 valence electrons. The molecule has 1 atom stereocenters. The predicted octanol–water partition coefficient (Wildman–Crippen LogP) is 3.28. The zero-order chi connectivity index (χ0) is 14.7. The maximum Gasteiger partial charge on any atom is 0.163 e. The van der Waals surface area contributed by atoms with Crippen molar-refractivity contribution in [2.45, 2.75) is 30.9 Å². The maximum absolute atomic E-state index is 10.6. The molecule has 1 N–H and O–H groups in total. The SMILES string of the molecule is COc1cnn(C(C)C)c1C(O)c1ccc(SC)cc1. The number of aliphatic hydroxyl groups excluding tert-OH is 1. The maximum atomic E-state index is 10.6. The van der Waals surface area contributed by atoms with Crippen LogP contribution < -0.4 is 4.74 Å². The molecule has 0 aliphatic carbocycles. The van der Waals surface area contributed by atoms with Crippen LogP contribution in [-0.2, 0) is 0 Å². The molecule has 1 unspecified atom stereocenters. The van der Waals surface area contributed by atoms with Crippen molar-refractivity contribution in [1.29, 1.82) is 0 Å². The molecule has 2 rings (SSSR count). The van der Waals surface area contributed by atoms with Crippen molar-refractivity contribution in [1.82, 2.24) is 9.78 Å². The molecule has 1 heterocycles. The van der Waals surface area contributed by atoms with Crippen LogP contribution >= 0.6 is 11.8 Å². The van der Waals surface area contributed by atoms with Crippen molar-refractivity contribution in [2.24, 2.45) is 0 Å². The van der Waals surface area contributed by atoms with E-state index in [2.05, 4.69) is 5.10 Å². The van der Waals surface area contributed by atoms with E-state index in [0.29, 0.717) is 11.4 Å². The molecule has 0 aliphatic heterocycles. The van der Waals surface area contributed by atoms with Gasteiger partial charge in [0.15, 0.2) is 5.75 Å². The summed E-state index contributed by atoms with van der Waals surface area (Å²) in [6.45, 7) is 4.05. The number of hydrogen-bond acceptors (Lipinski definition) is 4. The molecule has 2 aromatic rings. The summed E-state index contributed by atoms with van der Waals surface area (Å²) in [5.74, 6) is 0.611. The molecule has 0 radical (unpaired) electrons. The number of thioether (sulfide) groups is 1. The lowest BCUT2D eigenvalue weighted by atomic mass is 10.1. The summed E-state index contributed by atoms with van der Waals surface area (Å²) in [7, 11) is 1.59. The summed E-state index contributed by atoms with van der Waals surface area (Å²) in [6, 6.07) is 8.05. The number of aromatic nitrogens is 2. The van der Waals surface area contributed by atoms with E-state index in [1.165, 1.54) is 4.90 Å². The third kappa shape index (κ3) is 2.83. The van der Waals surface area contributed by atoms with Gasteiger partial charge in [0, 0.05) is 10.9 Å². The van der Waals surface area contributed by atoms with Gasteiger partial charge in [-0.05, 0) is 37.8 Å². The Bertz CT molecular complexity index is 564. The van der Waals surface area contributed by atoms with Crippen LogP contribution in [0.4, 0.5) is 0 Å². The Labute approximate surface area is 123 Å². The molecule has 1 aromatic heterocycles. The average molecular weight is 292 g/mol. The average Bonchev–Trinajstić information content (AvgIpc) is 2.90. The largest absolute Gasteiger partial charge is 0.493 e. The molecule has 1 aromatic carbocycles. The Hall–Kier alpha value is -1.46. The zero-order valence-electron chi connectivity index (χ0n) is 12.2. The summed E-state index contributed by atoms with van der Waals surface area (Å²) < 4.78 is 7.11. The Morgan fingerprint density at radius 3 is 2.40 bits per heavy atom. The van der Waals surface area contributed by atoms with Crippen molar-refractivity contribution in [3.63, 3.8) is 0 Å². The number of benzene rings is 1. The molecule has 0 amide bonds. The fourth-order valence-corrected chi connectivity index (χ4v) is 2.54. The minimum atomic E-state index is -0.745. The lowest BCUT2D eigenvalue weighted by molar-refractivity contribution is 0.199. The van der Waals surface area contributed by atoms with Gasteiger partial charge in [-0.1, -0.05) is 12.1 Å². The fraction of sp³-hybridized carbons (Fsp3) is 0.400. The van der Waals surface area contributed by atoms with Gasteiger partial charge in [0.25, 0.3) is 0 Å². The first-order valence-electron chi connectivity index (χ1n) is 6.52. The van der Waals surface area contributed by atoms with Crippen LogP contribution in [0.25, 0.3) is 0 Å². The molecule has 5 heteroatoms. The van der Waals surface area contributed by atoms with Crippen LogP contribution in [-0.4, -0.2) is 28.3 Å². The number of nitrogens with zero attached hydrogens (tertiary/aromatic N) is 2. The summed E-state index contributed by atoms with van der Waals surface area (Å²) in [6.07, 6.45) is 2.93. The zero-order valence-corrected chi connectivity index (χ0v) is 13.0. The van der Waals surface area contributed by atoms with E-state index in [0.717, 1.165) is 5.56 Å². The van der Waals surface area contributed by atoms with Gasteiger partial charge in [-0.25, -0.2) is 0 Å². The molecule has 4 nitrogen and oxygen atoms in total. The molecular weight excluding hydrogens is 272 g/mol. The standard InChI is InChI=1S/C15H20N2O2S/c1-10(2)17-14(13(19-3)9-16-17)15(18)11-5-7-12(20-4)8-6-11/h5-10,15,18H,1-4H3. The monoisotopic (exact) mass is 292 g/mol. The van der Waals surface area contributed by atoms with E-state index >= 15 is 0 Å². The van der Waals surface area contributed by atoms with Gasteiger partial charge in [-0.2, -0.15) is 5.10 Å². The molecule has 0 bridgehead atoms. The third-order valence-electron chi connectivity index (χ3n) is 3.20. The molecule has 0 saturated carbocycles. The first kappa shape index (κ1) is 14.9. The van der Waals surface area contributed by atoms with Gasteiger partial charge in [-0.3, -0.25) is 4.68 Å². The molecule has 20 heavy (non-hydrogen) atoms. The first-order valence-corrected chi connectivity index (χ1v) is 7.74. The van der Waals surface area contributed by atoms with Gasteiger partial charge >= 0.3 is 0 Å². The van der Waals surface area contributed by atoms with Crippen LogP contribution in [0.2, 0.25) is 0 Å². The van der Waals surface area contributed by atoms with Crippen LogP contribution in [0.15, 0.2) is 35.4 Å². The van der Waals surface area contributed by atoms with Crippen molar-refractivity contribution in [2.75, 3.05) is 13.4 Å². The van der Waals surface area contributed by atoms with Crippen molar-refractivity contribution in [3.05, 3.63) is 41.7 Å². The van der Waals surface area contributed by atoms with E-state index in [1.54, 1.807) is 29.8 Å². The van der Waals surface area contributed by atoms with Crippen molar-refractivity contribution in [3.8, 4) is 5.75 Å². The lowest BCUT2D eigenvalue weighted by Crippen LogP contribution is -2.13. The summed E-state index contributed by atoms with van der Waals surface area (Å²) in [5.41, 5.74) is 1.53. The van der Waals surface area contributed by atoms with Gasteiger partial charge in [0.2, 0.25) is 0 Å². The van der Waals surface area contributed by atoms with Crippen LogP contribution in [0.1, 0.15) is 37.3 Å². The molecule has 0 fully saturated rings. The number of hydrogen-bond donors (Lipinski definition) is 1. The fourth-order valence-electron chi connectivity index (χ4n) is 2.13. The Balaban J connectivity index is 2.40. The number of ether oxygens (including phenoxy) is 1. The van der Waals surface area contributed by atoms with Crippen LogP contribution in [0.5, 0.6) is 5.75 Å². The highest BCUT2D eigenvalue weighted by Crippen LogP contribution is 2.32. The first-order chi connectivity index (χ1) is 9.58. The van der Waals surface area contributed by atoms with E-state index in [-0.39, 0.29) is 6.04 Å². The van der Waals surface area contributed by atoms with Gasteiger partial charge in [0.05, 0.1) is 13.3 Å². The van der Waals surface area contributed by atoms with Crippen molar-refractivity contribution < 1.29 is 9.84 Å². The van der Waals surface area contributed by atoms with Gasteiger partial charge < -0.3 is 9.84 Å². The van der Waals surface area contributed by atoms with E-state index in [1.807, 2.05) is 44.4 Å². The van der Waals surface area contributed by atoms with Crippen molar-refractivity contribution >= 4 is 11.8 Å². The highest BCUT2D eigenvalue weighted by atomic mass is 32.2. The Kier molecular flexibility index (Phi) is 4.73. The molecule has 0 aliphatic rings. The Morgan fingerprint density at radius 1 is 1.25 bits per heavy atom. The molecule has 0 saturated heterocycles. The van der Waals surface area contributed by atoms with E-state index < -0.39 is 6.10 Å². The van der Waals surface area contributed by atoms with Gasteiger partial charge in [-0.15, -0.1) is 11.8 Å². The number of methoxy groups -OCH3 is 1. The summed E-state index contributed by atoms with van der Waals surface area (Å²) in [4.78, 5) is 1.17. The van der Waals surface area contributed by atoms with Gasteiger partial charge in [0.1, 0.15) is 11.8 Å². The number of aliphatic hydroxyl groups is 1. The summed E-state index contributed by atoms with van der Waals surface area (Å²) in [5, 5.41) is 14.9. The second-order valence-electron chi connectivity index (χ2n) is 4.81. The minimum absolute atomic E-state index is 0.161. The van der Waals surface area contributed by atoms with Crippen LogP contribution in [0, 0.1) is 0 Å². The third-order valence-corrected chi connectivity index (χ3v) is 3.94. The number of rotatable bonds is 5. The van der Waals surface area contributed by atoms with E-state index in [9.17, 15) is 5.11 Å². The smallest absolute Gasteiger partial charge is 0.163 e. The van der Waals surface area contributed by atoms with E-state index in [4.69, 9.17) is 4.74 Å². The van der Waals surface area contributed by atoms with Crippen LogP contribution in [0.3, 0.4) is 0 Å². The minimum Gasteiger partial charge on any atom is -0.493 e. The Morgan fingerprint density at radius 2 is 1.90 bits per heavy atom. The molecular formula is C15H20N2O2S. The summed E-state index contributed by atoms with van der Waals surface area (Å²) >= 11 is 1.68. The second-order valence-corrected chi connectivity index (χ2v) is 5.69. The normalized spacial score (nSPS) is 12.7. The lowest BCUT2D eigenvalue weighted by Gasteiger charge is -2.17.